The Hall–Kier alpha value is -2.93. The van der Waals surface area contributed by atoms with Gasteiger partial charge in [-0.1, -0.05) is 17.3 Å². The van der Waals surface area contributed by atoms with Crippen molar-refractivity contribution in [3.05, 3.63) is 71.6 Å². The molecule has 3 aromatic rings. The van der Waals surface area contributed by atoms with Gasteiger partial charge in [-0.3, -0.25) is 4.90 Å². The van der Waals surface area contributed by atoms with E-state index in [2.05, 4.69) is 27.2 Å². The lowest BCUT2D eigenvalue weighted by atomic mass is 10.0. The van der Waals surface area contributed by atoms with E-state index < -0.39 is 0 Å². The number of halogens is 1. The van der Waals surface area contributed by atoms with E-state index in [1.54, 1.807) is 19.2 Å². The molecule has 0 saturated carbocycles. The summed E-state index contributed by atoms with van der Waals surface area (Å²) in [5, 5.41) is 3.98. The molecule has 0 aliphatic carbocycles. The van der Waals surface area contributed by atoms with Gasteiger partial charge in [-0.15, -0.1) is 0 Å². The molecule has 1 fully saturated rings. The van der Waals surface area contributed by atoms with E-state index in [0.717, 1.165) is 25.1 Å². The van der Waals surface area contributed by atoms with Gasteiger partial charge in [0.1, 0.15) is 17.3 Å². The van der Waals surface area contributed by atoms with Gasteiger partial charge in [0.15, 0.2) is 6.61 Å². The summed E-state index contributed by atoms with van der Waals surface area (Å²) in [4.78, 5) is 6.77. The number of hydrogen-bond donors (Lipinski definition) is 0. The Kier molecular flexibility index (Phi) is 5.53. The maximum atomic E-state index is 12.9. The van der Waals surface area contributed by atoms with E-state index in [1.165, 1.54) is 17.7 Å². The molecule has 1 atom stereocenters. The van der Waals surface area contributed by atoms with Crippen molar-refractivity contribution in [1.29, 1.82) is 0 Å². The molecule has 6 nitrogen and oxygen atoms in total. The normalized spacial score (nSPS) is 17.0. The number of aromatic nitrogens is 2. The summed E-state index contributed by atoms with van der Waals surface area (Å²) < 4.78 is 29.2. The number of methoxy groups -OCH3 is 1. The van der Waals surface area contributed by atoms with Crippen molar-refractivity contribution < 1.29 is 18.4 Å². The van der Waals surface area contributed by atoms with E-state index in [9.17, 15) is 4.39 Å². The lowest BCUT2D eigenvalue weighted by molar-refractivity contribution is 0.211. The molecule has 0 spiro atoms. The van der Waals surface area contributed by atoms with Gasteiger partial charge in [0.05, 0.1) is 13.7 Å². The first-order valence-corrected chi connectivity index (χ1v) is 9.29. The molecule has 0 unspecified atom stereocenters. The zero-order chi connectivity index (χ0) is 19.3. The molecule has 1 aliphatic rings. The number of nitrogens with zero attached hydrogens (tertiary/aromatic N) is 3. The van der Waals surface area contributed by atoms with Crippen molar-refractivity contribution in [3.63, 3.8) is 0 Å². The number of rotatable bonds is 7. The van der Waals surface area contributed by atoms with Crippen LogP contribution in [-0.2, 0) is 13.2 Å². The van der Waals surface area contributed by atoms with Crippen LogP contribution in [0.5, 0.6) is 11.5 Å². The Bertz CT molecular complexity index is 913. The number of hydrogen-bond acceptors (Lipinski definition) is 6. The van der Waals surface area contributed by atoms with Gasteiger partial charge < -0.3 is 14.0 Å². The van der Waals surface area contributed by atoms with Gasteiger partial charge in [-0.25, -0.2) is 4.39 Å². The van der Waals surface area contributed by atoms with Crippen molar-refractivity contribution in [2.24, 2.45) is 0 Å². The summed E-state index contributed by atoms with van der Waals surface area (Å²) in [7, 11) is 1.68. The van der Waals surface area contributed by atoms with Crippen molar-refractivity contribution in [1.82, 2.24) is 15.0 Å². The molecule has 2 aromatic carbocycles. The number of likely N-dealkylation sites (tertiary alicyclic amines) is 1. The maximum absolute atomic E-state index is 12.9. The average Bonchev–Trinajstić information content (AvgIpc) is 3.37. The predicted molar refractivity (Wildman–Crippen MR) is 100 cm³/mol. The lowest BCUT2D eigenvalue weighted by Crippen LogP contribution is -2.23. The second-order valence-electron chi connectivity index (χ2n) is 6.75. The van der Waals surface area contributed by atoms with Gasteiger partial charge in [0.2, 0.25) is 11.7 Å². The topological polar surface area (TPSA) is 60.6 Å². The molecular weight excluding hydrogens is 361 g/mol. The number of benzene rings is 2. The lowest BCUT2D eigenvalue weighted by Gasteiger charge is -2.23. The van der Waals surface area contributed by atoms with Crippen LogP contribution < -0.4 is 9.47 Å². The molecular formula is C21H22FN3O3. The van der Waals surface area contributed by atoms with Gasteiger partial charge in [0.25, 0.3) is 0 Å². The minimum absolute atomic E-state index is 0.175. The van der Waals surface area contributed by atoms with Crippen molar-refractivity contribution >= 4 is 0 Å². The fourth-order valence-corrected chi connectivity index (χ4v) is 3.51. The van der Waals surface area contributed by atoms with Crippen LogP contribution in [0.15, 0.2) is 53.1 Å². The summed E-state index contributed by atoms with van der Waals surface area (Å²) in [5.41, 5.74) is 1.23. The van der Waals surface area contributed by atoms with E-state index in [0.29, 0.717) is 30.1 Å². The van der Waals surface area contributed by atoms with Crippen LogP contribution in [0.3, 0.4) is 0 Å². The van der Waals surface area contributed by atoms with Crippen LogP contribution in [0.4, 0.5) is 4.39 Å². The Balaban J connectivity index is 1.38. The summed E-state index contributed by atoms with van der Waals surface area (Å²) in [6.45, 7) is 1.74. The molecule has 1 aromatic heterocycles. The third-order valence-electron chi connectivity index (χ3n) is 4.87. The standard InChI is InChI=1S/C21H22FN3O3/c1-26-18-5-2-4-15(12-18)19-6-3-11-25(19)13-21-23-20(24-28-21)14-27-17-9-7-16(22)8-10-17/h2,4-5,7-10,12,19H,3,6,11,13-14H2,1H3/t19-/m1/s1. The molecule has 0 radical (unpaired) electrons. The van der Waals surface area contributed by atoms with E-state index in [4.69, 9.17) is 14.0 Å². The van der Waals surface area contributed by atoms with E-state index in [1.807, 2.05) is 12.1 Å². The first kappa shape index (κ1) is 18.4. The molecule has 0 bridgehead atoms. The molecule has 28 heavy (non-hydrogen) atoms. The third-order valence-corrected chi connectivity index (χ3v) is 4.87. The zero-order valence-electron chi connectivity index (χ0n) is 15.7. The molecule has 1 aliphatic heterocycles. The highest BCUT2D eigenvalue weighted by atomic mass is 19.1. The van der Waals surface area contributed by atoms with Gasteiger partial charge in [0, 0.05) is 6.04 Å². The highest BCUT2D eigenvalue weighted by Crippen LogP contribution is 2.34. The second-order valence-corrected chi connectivity index (χ2v) is 6.75. The average molecular weight is 383 g/mol. The van der Waals surface area contributed by atoms with E-state index in [-0.39, 0.29) is 12.4 Å². The predicted octanol–water partition coefficient (Wildman–Crippen LogP) is 4.13. The van der Waals surface area contributed by atoms with Gasteiger partial charge >= 0.3 is 0 Å². The SMILES string of the molecule is COc1cccc([C@H]2CCCN2Cc2nc(COc3ccc(F)cc3)no2)c1. The van der Waals surface area contributed by atoms with Crippen LogP contribution in [0.25, 0.3) is 0 Å². The Morgan fingerprint density at radius 3 is 2.86 bits per heavy atom. The Morgan fingerprint density at radius 2 is 2.04 bits per heavy atom. The Morgan fingerprint density at radius 1 is 1.18 bits per heavy atom. The smallest absolute Gasteiger partial charge is 0.240 e. The van der Waals surface area contributed by atoms with Crippen LogP contribution in [0.2, 0.25) is 0 Å². The van der Waals surface area contributed by atoms with Crippen LogP contribution in [0, 0.1) is 5.82 Å². The minimum atomic E-state index is -0.301. The molecule has 0 amide bonds. The molecule has 146 valence electrons. The van der Waals surface area contributed by atoms with Crippen LogP contribution in [0.1, 0.15) is 36.2 Å². The largest absolute Gasteiger partial charge is 0.497 e. The fraction of sp³-hybridized carbons (Fsp3) is 0.333. The molecule has 1 saturated heterocycles. The molecule has 4 rings (SSSR count). The summed E-state index contributed by atoms with van der Waals surface area (Å²) in [5.74, 6) is 2.15. The van der Waals surface area contributed by atoms with Crippen LogP contribution >= 0.6 is 0 Å². The summed E-state index contributed by atoms with van der Waals surface area (Å²) >= 11 is 0. The highest BCUT2D eigenvalue weighted by Gasteiger charge is 2.27. The van der Waals surface area contributed by atoms with E-state index >= 15 is 0 Å². The first-order valence-electron chi connectivity index (χ1n) is 9.29. The summed E-state index contributed by atoms with van der Waals surface area (Å²) in [6.07, 6.45) is 2.21. The molecule has 0 N–H and O–H groups in total. The number of ether oxygens (including phenoxy) is 2. The minimum Gasteiger partial charge on any atom is -0.497 e. The molecule has 7 heteroatoms. The quantitative estimate of drug-likeness (QED) is 0.611. The highest BCUT2D eigenvalue weighted by molar-refractivity contribution is 5.31. The summed E-state index contributed by atoms with van der Waals surface area (Å²) in [6, 6.07) is 14.3. The monoisotopic (exact) mass is 383 g/mol. The Labute approximate surface area is 162 Å². The maximum Gasteiger partial charge on any atom is 0.240 e. The third kappa shape index (κ3) is 4.31. The van der Waals surface area contributed by atoms with Crippen molar-refractivity contribution in [2.45, 2.75) is 32.0 Å². The van der Waals surface area contributed by atoms with Crippen molar-refractivity contribution in [2.75, 3.05) is 13.7 Å². The van der Waals surface area contributed by atoms with Gasteiger partial charge in [-0.05, 0) is 61.3 Å². The van der Waals surface area contributed by atoms with Crippen LogP contribution in [-0.4, -0.2) is 28.7 Å². The van der Waals surface area contributed by atoms with Crippen molar-refractivity contribution in [3.8, 4) is 11.5 Å². The van der Waals surface area contributed by atoms with Gasteiger partial charge in [-0.2, -0.15) is 4.98 Å². The second kappa shape index (κ2) is 8.39. The zero-order valence-corrected chi connectivity index (χ0v) is 15.7. The first-order chi connectivity index (χ1) is 13.7. The molecule has 2 heterocycles. The fourth-order valence-electron chi connectivity index (χ4n) is 3.51.